The predicted molar refractivity (Wildman–Crippen MR) is 240 cm³/mol. The maximum absolute atomic E-state index is 10.6. The molecule has 0 unspecified atom stereocenters. The average molecular weight is 907 g/mol. The number of aryl methyl sites for hydroxylation is 3. The molecule has 4 aromatic rings. The molecular weight excluding hydrogens is 849 g/mol. The maximum atomic E-state index is 10.6. The van der Waals surface area contributed by atoms with E-state index in [9.17, 15) is 9.59 Å². The van der Waals surface area contributed by atoms with Crippen molar-refractivity contribution in [1.29, 1.82) is 0 Å². The zero-order valence-electron chi connectivity index (χ0n) is 35.0. The van der Waals surface area contributed by atoms with Crippen LogP contribution < -0.4 is 45.4 Å². The van der Waals surface area contributed by atoms with E-state index in [-0.39, 0.29) is 42.6 Å². The van der Waals surface area contributed by atoms with E-state index in [2.05, 4.69) is 103 Å². The molecule has 5 N–H and O–H groups in total. The van der Waals surface area contributed by atoms with Crippen molar-refractivity contribution in [3.63, 3.8) is 0 Å². The summed E-state index contributed by atoms with van der Waals surface area (Å²) in [5, 5.41) is 22.0. The summed E-state index contributed by atoms with van der Waals surface area (Å²) in [6.07, 6.45) is 17.2. The van der Waals surface area contributed by atoms with Gasteiger partial charge >= 0.3 is 57.4 Å². The van der Waals surface area contributed by atoms with Crippen LogP contribution in [0.3, 0.4) is 0 Å². The van der Waals surface area contributed by atoms with Gasteiger partial charge < -0.3 is 35.8 Å². The molecule has 12 heteroatoms. The Kier molecular flexibility index (Phi) is 48.3. The van der Waals surface area contributed by atoms with Crippen LogP contribution in [0.25, 0.3) is 23.5 Å². The molecule has 0 saturated carbocycles. The number of amides is 2. The van der Waals surface area contributed by atoms with Gasteiger partial charge in [0.2, 0.25) is 0 Å². The minimum atomic E-state index is -0.468. The van der Waals surface area contributed by atoms with Crippen LogP contribution in [0.4, 0.5) is 0 Å². The van der Waals surface area contributed by atoms with Crippen LogP contribution in [0.2, 0.25) is 4.87 Å². The summed E-state index contributed by atoms with van der Waals surface area (Å²) in [6.45, 7) is 25.2. The monoisotopic (exact) mass is 905 g/mol. The number of phenolic OH excluding ortho intramolecular Hbond substituents is 2. The molecule has 2 amide bonds. The Bertz CT molecular complexity index is 1830. The van der Waals surface area contributed by atoms with Gasteiger partial charge in [0, 0.05) is 28.7 Å². The number of carbonyl (C=O) groups is 2. The first kappa shape index (κ1) is 62.4. The van der Waals surface area contributed by atoms with E-state index in [4.69, 9.17) is 25.5 Å². The van der Waals surface area contributed by atoms with Gasteiger partial charge in [-0.15, -0.1) is 12.1 Å². The summed E-state index contributed by atoms with van der Waals surface area (Å²) in [5.74, 6) is -0.256. The second-order valence-electron chi connectivity index (χ2n) is 10.5. The Morgan fingerprint density at radius 3 is 1.74 bits per heavy atom. The Morgan fingerprint density at radius 2 is 1.36 bits per heavy atom. The molecule has 1 heterocycles. The molecule has 0 aliphatic carbocycles. The molecule has 0 atom stereocenters. The molecule has 4 rings (SSSR count). The predicted octanol–water partition coefficient (Wildman–Crippen LogP) is 4.55. The molecule has 0 fully saturated rings. The topological polar surface area (TPSA) is 173 Å². The third-order valence-corrected chi connectivity index (χ3v) is 6.37. The number of nitrogens with zero attached hydrogens (tertiary/aromatic N) is 1. The van der Waals surface area contributed by atoms with E-state index in [1.165, 1.54) is 44.6 Å². The van der Waals surface area contributed by atoms with Gasteiger partial charge in [0.15, 0.2) is 5.91 Å². The summed E-state index contributed by atoms with van der Waals surface area (Å²) in [7, 11) is 0. The third kappa shape index (κ3) is 34.4. The minimum absolute atomic E-state index is 0. The molecule has 0 aliphatic heterocycles. The number of benzene rings is 3. The van der Waals surface area contributed by atoms with Crippen LogP contribution in [-0.4, -0.2) is 82.9 Å². The van der Waals surface area contributed by atoms with Crippen LogP contribution in [0.15, 0.2) is 128 Å². The van der Waals surface area contributed by atoms with Crippen molar-refractivity contribution in [3.8, 4) is 11.5 Å². The van der Waals surface area contributed by atoms with Gasteiger partial charge in [0.1, 0.15) is 5.75 Å². The fourth-order valence-corrected chi connectivity index (χ4v) is 3.78. The molecule has 0 saturated heterocycles. The zero-order valence-corrected chi connectivity index (χ0v) is 39.6. The van der Waals surface area contributed by atoms with Crippen LogP contribution >= 0.6 is 0 Å². The van der Waals surface area contributed by atoms with Crippen molar-refractivity contribution in [1.82, 2.24) is 10.3 Å². The molecule has 0 spiro atoms. The van der Waals surface area contributed by atoms with Crippen LogP contribution in [0.1, 0.15) is 43.0 Å². The van der Waals surface area contributed by atoms with E-state index in [0.717, 1.165) is 0 Å². The van der Waals surface area contributed by atoms with Crippen LogP contribution in [0.5, 0.6) is 11.5 Å². The van der Waals surface area contributed by atoms with Crippen LogP contribution in [-0.2, 0) is 19.2 Å². The van der Waals surface area contributed by atoms with Crippen molar-refractivity contribution in [2.75, 3.05) is 13.1 Å². The first-order chi connectivity index (χ1) is 27.4. The fourth-order valence-electron chi connectivity index (χ4n) is 3.78. The van der Waals surface area contributed by atoms with Crippen molar-refractivity contribution in [3.05, 3.63) is 167 Å². The number of aromatic hydroxyl groups is 2. The summed E-state index contributed by atoms with van der Waals surface area (Å²) in [4.78, 5) is 45.1. The van der Waals surface area contributed by atoms with Gasteiger partial charge in [-0.25, -0.2) is 4.99 Å². The Balaban J connectivity index is -0.000000197. The fraction of sp³-hybridized carbons (Fsp3) is 0.196. The molecule has 306 valence electrons. The number of aromatic amines is 1. The van der Waals surface area contributed by atoms with Crippen LogP contribution in [0, 0.1) is 26.8 Å². The first-order valence-corrected chi connectivity index (χ1v) is 19.7. The number of nitrogens with one attached hydrogen (secondary N) is 3. The summed E-state index contributed by atoms with van der Waals surface area (Å²) < 4.78 is 0. The molecule has 3 aromatic carbocycles. The molecule has 1 aromatic heterocycles. The quantitative estimate of drug-likeness (QED) is 0.0697. The Morgan fingerprint density at radius 1 is 0.862 bits per heavy atom. The molecular formula is C46H57N4NaO6Sb-3. The number of aromatic nitrogens is 1. The third-order valence-electron chi connectivity index (χ3n) is 6.37. The van der Waals surface area contributed by atoms with E-state index < -0.39 is 11.8 Å². The first-order valence-electron chi connectivity index (χ1n) is 17.2. The van der Waals surface area contributed by atoms with E-state index in [1.54, 1.807) is 66.3 Å². The number of carbonyl (C=O) groups excluding carboxylic acids is 4. The largest absolute Gasteiger partial charge is 1.00 e. The zero-order chi connectivity index (χ0) is 44.4. The SMILES string of the molecule is C=C/C=C(\C=C/C)c1ccc(C)cc1.C=C/C=c1/c(C)c[nH]/c1=C/C.CC=NC(=O)CNC(=O)C[NH-].Cc1ccc(O)cc1.Oc1cc[c-]cc1.[CH-]=O.[CH-]=O.[CH3][Sb].[Na+]. The number of hydrogen-bond donors (Lipinski definition) is 4. The van der Waals surface area contributed by atoms with Gasteiger partial charge in [0.05, 0.1) is 6.54 Å². The van der Waals surface area contributed by atoms with Crippen molar-refractivity contribution in [2.45, 2.75) is 46.4 Å². The molecule has 0 aliphatic rings. The van der Waals surface area contributed by atoms with Gasteiger partial charge in [-0.3, -0.25) is 23.2 Å². The summed E-state index contributed by atoms with van der Waals surface area (Å²) in [5.41, 5.74) is 12.7. The normalized spacial score (nSPS) is 9.98. The number of phenols is 2. The smallest absolute Gasteiger partial charge is 1.00 e. The number of allylic oxidation sites excluding steroid dienone is 6. The second-order valence-corrected chi connectivity index (χ2v) is 10.5. The average Bonchev–Trinajstić information content (AvgIpc) is 3.60. The van der Waals surface area contributed by atoms with E-state index >= 15 is 0 Å². The van der Waals surface area contributed by atoms with Gasteiger partial charge in [-0.1, -0.05) is 110 Å². The van der Waals surface area contributed by atoms with Crippen molar-refractivity contribution >= 4 is 72.4 Å². The van der Waals surface area contributed by atoms with E-state index in [0.29, 0.717) is 11.5 Å². The number of H-pyrrole nitrogens is 1. The molecule has 10 nitrogen and oxygen atoms in total. The number of aliphatic imine (C=N–C) groups is 1. The Labute approximate surface area is 382 Å². The second kappa shape index (κ2) is 44.9. The van der Waals surface area contributed by atoms with E-state index in [1.807, 2.05) is 69.5 Å². The van der Waals surface area contributed by atoms with Gasteiger partial charge in [-0.2, -0.15) is 18.2 Å². The number of hydrogen-bond acceptors (Lipinski definition) is 6. The van der Waals surface area contributed by atoms with Crippen molar-refractivity contribution in [2.24, 2.45) is 4.99 Å². The molecule has 2 radical (unpaired) electrons. The minimum Gasteiger partial charge on any atom is 1.00 e. The number of rotatable bonds is 7. The summed E-state index contributed by atoms with van der Waals surface area (Å²) in [6, 6.07) is 24.9. The van der Waals surface area contributed by atoms with Gasteiger partial charge in [0.25, 0.3) is 5.91 Å². The standard InChI is InChI=1S/C14H16.C10H13N.C7H8O.C6H10N3O2.C6H5O.2CHO.CH3.Na.Sb/c1-4-6-13(7-5-2)14-10-8-12(3)9-11-14;1-4-6-9-8(3)7-11-10(9)5-2;1-6-2-4-7(8)5-3-6;1-2-8-6(11)4-9-5(10)3-7;7-6-4-2-1-3-5-6;2*1-2;;;/h4-11H,1H2,2-3H3;4-7,11H,1H2,2-3H3;2-5,8H,1H3;2,7H,3-4H2,1H3,(H,9,10);2-5,7H;2*1H;1H3;;/q;;;4*-1;;+1;/b7-5-,13-6+;9-6-,10-5+;;;;;;;;. The Hall–Kier alpha value is -4.83. The summed E-state index contributed by atoms with van der Waals surface area (Å²) >= 11 is 1.75. The maximum Gasteiger partial charge on any atom is 1.00 e. The molecule has 58 heavy (non-hydrogen) atoms. The molecule has 0 bridgehead atoms. The van der Waals surface area contributed by atoms with Crippen molar-refractivity contribution < 1.29 is 58.9 Å². The van der Waals surface area contributed by atoms with Gasteiger partial charge in [-0.05, 0) is 70.4 Å².